The Morgan fingerprint density at radius 1 is 1.41 bits per heavy atom. The summed E-state index contributed by atoms with van der Waals surface area (Å²) in [5.41, 5.74) is 0.722. The third kappa shape index (κ3) is 3.08. The maximum absolute atomic E-state index is 12.5. The Kier molecular flexibility index (Phi) is 4.07. The van der Waals surface area contributed by atoms with E-state index >= 15 is 0 Å². The van der Waals surface area contributed by atoms with Gasteiger partial charge in [0.1, 0.15) is 11.5 Å². The molecular weight excluding hydrogens is 306 g/mol. The number of rotatable bonds is 5. The van der Waals surface area contributed by atoms with E-state index in [1.54, 1.807) is 13.0 Å². The number of nitrogens with one attached hydrogen (secondary N) is 1. The summed E-state index contributed by atoms with van der Waals surface area (Å²) >= 11 is 0. The van der Waals surface area contributed by atoms with Crippen LogP contribution >= 0.6 is 0 Å². The average Bonchev–Trinajstić information content (AvgIpc) is 3.16. The summed E-state index contributed by atoms with van der Waals surface area (Å²) in [6.07, 6.45) is 1.57. The second kappa shape index (κ2) is 5.86. The predicted octanol–water partition coefficient (Wildman–Crippen LogP) is 2.06. The average molecular weight is 325 g/mol. The molecular formula is C14H19N3O4S. The zero-order chi connectivity index (χ0) is 15.7. The lowest BCUT2D eigenvalue weighted by Gasteiger charge is -2.22. The molecule has 120 valence electrons. The molecule has 0 bridgehead atoms. The molecule has 3 heterocycles. The molecule has 1 saturated heterocycles. The van der Waals surface area contributed by atoms with Crippen molar-refractivity contribution in [3.63, 3.8) is 0 Å². The van der Waals surface area contributed by atoms with Crippen LogP contribution in [0.1, 0.15) is 41.9 Å². The predicted molar refractivity (Wildman–Crippen MR) is 79.1 cm³/mol. The van der Waals surface area contributed by atoms with Gasteiger partial charge >= 0.3 is 0 Å². The van der Waals surface area contributed by atoms with Gasteiger partial charge in [-0.1, -0.05) is 5.16 Å². The third-order valence-electron chi connectivity index (χ3n) is 3.71. The molecule has 22 heavy (non-hydrogen) atoms. The van der Waals surface area contributed by atoms with Crippen LogP contribution in [-0.2, 0) is 16.8 Å². The van der Waals surface area contributed by atoms with E-state index in [1.807, 2.05) is 19.1 Å². The van der Waals surface area contributed by atoms with Gasteiger partial charge in [0.2, 0.25) is 0 Å². The second-order valence-electron chi connectivity index (χ2n) is 5.48. The number of aromatic nitrogens is 1. The Labute approximate surface area is 129 Å². The Morgan fingerprint density at radius 2 is 2.23 bits per heavy atom. The Morgan fingerprint density at radius 3 is 2.86 bits per heavy atom. The molecule has 1 N–H and O–H groups in total. The Balaban J connectivity index is 1.73. The molecule has 3 rings (SSSR count). The molecule has 1 fully saturated rings. The van der Waals surface area contributed by atoms with Gasteiger partial charge in [0.05, 0.1) is 18.3 Å². The highest BCUT2D eigenvalue weighted by atomic mass is 32.2. The highest BCUT2D eigenvalue weighted by Gasteiger charge is 2.36. The molecule has 1 aliphatic rings. The molecule has 0 spiro atoms. The fourth-order valence-corrected chi connectivity index (χ4v) is 4.09. The summed E-state index contributed by atoms with van der Waals surface area (Å²) in [6, 6.07) is 5.15. The molecule has 8 heteroatoms. The molecule has 1 atom stereocenters. The van der Waals surface area contributed by atoms with Gasteiger partial charge in [0, 0.05) is 12.6 Å². The smallest absolute Gasteiger partial charge is 0.280 e. The first kappa shape index (κ1) is 15.3. The summed E-state index contributed by atoms with van der Waals surface area (Å²) in [7, 11) is -3.60. The summed E-state index contributed by atoms with van der Waals surface area (Å²) in [6.45, 7) is 4.21. The van der Waals surface area contributed by atoms with Gasteiger partial charge < -0.3 is 8.94 Å². The number of hydrogen-bond acceptors (Lipinski definition) is 5. The van der Waals surface area contributed by atoms with E-state index < -0.39 is 10.2 Å². The van der Waals surface area contributed by atoms with Crippen LogP contribution in [0, 0.1) is 13.8 Å². The normalized spacial score (nSPS) is 19.8. The quantitative estimate of drug-likeness (QED) is 0.909. The SMILES string of the molecule is Cc1cc(CNS(=O)(=O)N2CCCC2c2ccc(C)o2)on1. The van der Waals surface area contributed by atoms with Crippen LogP contribution in [0.3, 0.4) is 0 Å². The lowest BCUT2D eigenvalue weighted by atomic mass is 10.2. The van der Waals surface area contributed by atoms with Crippen molar-refractivity contribution in [1.29, 1.82) is 0 Å². The largest absolute Gasteiger partial charge is 0.465 e. The maximum Gasteiger partial charge on any atom is 0.280 e. The molecule has 2 aromatic rings. The summed E-state index contributed by atoms with van der Waals surface area (Å²) in [5, 5.41) is 3.74. The van der Waals surface area contributed by atoms with Gasteiger partial charge in [0.15, 0.2) is 5.76 Å². The number of aryl methyl sites for hydroxylation is 2. The van der Waals surface area contributed by atoms with Crippen molar-refractivity contribution in [2.45, 2.75) is 39.3 Å². The van der Waals surface area contributed by atoms with E-state index in [4.69, 9.17) is 8.94 Å². The highest BCUT2D eigenvalue weighted by molar-refractivity contribution is 7.87. The standard InChI is InChI=1S/C14H19N3O4S/c1-10-8-12(21-16-10)9-15-22(18,19)17-7-3-4-13(17)14-6-5-11(2)20-14/h5-6,8,13,15H,3-4,7,9H2,1-2H3. The molecule has 1 unspecified atom stereocenters. The van der Waals surface area contributed by atoms with E-state index in [0.29, 0.717) is 18.1 Å². The van der Waals surface area contributed by atoms with Gasteiger partial charge in [-0.25, -0.2) is 0 Å². The van der Waals surface area contributed by atoms with Gasteiger partial charge in [-0.2, -0.15) is 17.4 Å². The van der Waals surface area contributed by atoms with Crippen molar-refractivity contribution in [3.8, 4) is 0 Å². The molecule has 0 amide bonds. The minimum Gasteiger partial charge on any atom is -0.465 e. The molecule has 0 saturated carbocycles. The maximum atomic E-state index is 12.5. The van der Waals surface area contributed by atoms with Gasteiger partial charge in [0.25, 0.3) is 10.2 Å². The topological polar surface area (TPSA) is 88.6 Å². The van der Waals surface area contributed by atoms with E-state index in [1.165, 1.54) is 4.31 Å². The Bertz CT molecular complexity index is 750. The van der Waals surface area contributed by atoms with Crippen LogP contribution in [-0.4, -0.2) is 24.4 Å². The van der Waals surface area contributed by atoms with E-state index in [-0.39, 0.29) is 12.6 Å². The van der Waals surface area contributed by atoms with Crippen LogP contribution in [0.5, 0.6) is 0 Å². The van der Waals surface area contributed by atoms with Crippen molar-refractivity contribution < 1.29 is 17.4 Å². The molecule has 0 aromatic carbocycles. The van der Waals surface area contributed by atoms with Crippen LogP contribution in [0.25, 0.3) is 0 Å². The molecule has 0 radical (unpaired) electrons. The van der Waals surface area contributed by atoms with Crippen LogP contribution in [0.15, 0.2) is 27.1 Å². The molecule has 2 aromatic heterocycles. The first-order valence-electron chi connectivity index (χ1n) is 7.21. The van der Waals surface area contributed by atoms with Crippen molar-refractivity contribution in [2.24, 2.45) is 0 Å². The van der Waals surface area contributed by atoms with Gasteiger partial charge in [-0.3, -0.25) is 0 Å². The highest BCUT2D eigenvalue weighted by Crippen LogP contribution is 2.34. The van der Waals surface area contributed by atoms with E-state index in [0.717, 1.165) is 24.3 Å². The van der Waals surface area contributed by atoms with Crippen LogP contribution in [0.4, 0.5) is 0 Å². The fraction of sp³-hybridized carbons (Fsp3) is 0.500. The first-order valence-corrected chi connectivity index (χ1v) is 8.65. The third-order valence-corrected chi connectivity index (χ3v) is 5.27. The molecule has 0 aliphatic carbocycles. The number of furan rings is 1. The monoisotopic (exact) mass is 325 g/mol. The van der Waals surface area contributed by atoms with Crippen LogP contribution < -0.4 is 4.72 Å². The Hall–Kier alpha value is -1.64. The van der Waals surface area contributed by atoms with Gasteiger partial charge in [-0.05, 0) is 38.8 Å². The minimum atomic E-state index is -3.60. The van der Waals surface area contributed by atoms with Crippen molar-refractivity contribution >= 4 is 10.2 Å². The zero-order valence-electron chi connectivity index (χ0n) is 12.6. The summed E-state index contributed by atoms with van der Waals surface area (Å²) in [5.74, 6) is 1.96. The number of nitrogens with zero attached hydrogens (tertiary/aromatic N) is 2. The molecule has 1 aliphatic heterocycles. The van der Waals surface area contributed by atoms with Crippen molar-refractivity contribution in [1.82, 2.24) is 14.2 Å². The zero-order valence-corrected chi connectivity index (χ0v) is 13.4. The first-order chi connectivity index (χ1) is 10.5. The number of hydrogen-bond donors (Lipinski definition) is 1. The summed E-state index contributed by atoms with van der Waals surface area (Å²) < 4.78 is 39.7. The lowest BCUT2D eigenvalue weighted by molar-refractivity contribution is 0.327. The lowest BCUT2D eigenvalue weighted by Crippen LogP contribution is -2.39. The van der Waals surface area contributed by atoms with Crippen LogP contribution in [0.2, 0.25) is 0 Å². The van der Waals surface area contributed by atoms with Crippen molar-refractivity contribution in [2.75, 3.05) is 6.54 Å². The van der Waals surface area contributed by atoms with Gasteiger partial charge in [-0.15, -0.1) is 0 Å². The summed E-state index contributed by atoms with van der Waals surface area (Å²) in [4.78, 5) is 0. The van der Waals surface area contributed by atoms with E-state index in [2.05, 4.69) is 9.88 Å². The fourth-order valence-electron chi connectivity index (χ4n) is 2.69. The second-order valence-corrected chi connectivity index (χ2v) is 7.19. The minimum absolute atomic E-state index is 0.0869. The van der Waals surface area contributed by atoms with E-state index in [9.17, 15) is 8.42 Å². The van der Waals surface area contributed by atoms with Crippen molar-refractivity contribution in [3.05, 3.63) is 41.2 Å². The molecule has 7 nitrogen and oxygen atoms in total.